The second-order valence-electron chi connectivity index (χ2n) is 8.87. The molecule has 1 N–H and O–H groups in total. The standard InChI is InChI=1S/C23H30N4O4/c1-14-12-17-19(20(23(2,3)29)26(4)22(17)28)25-21(14)27-10-8-15(9-11-27)31-16-6-7-18(30-5)24-13-16/h6-7,12-13,15,20,29H,8-11H2,1-5H3. The first-order valence-corrected chi connectivity index (χ1v) is 10.6. The van der Waals surface area contributed by atoms with Crippen molar-refractivity contribution in [3.05, 3.63) is 41.2 Å². The van der Waals surface area contributed by atoms with Gasteiger partial charge in [0.15, 0.2) is 0 Å². The first-order valence-electron chi connectivity index (χ1n) is 10.6. The Morgan fingerprint density at radius 3 is 2.52 bits per heavy atom. The predicted octanol–water partition coefficient (Wildman–Crippen LogP) is 2.74. The molecule has 0 bridgehead atoms. The highest BCUT2D eigenvalue weighted by Crippen LogP contribution is 2.40. The summed E-state index contributed by atoms with van der Waals surface area (Å²) < 4.78 is 11.2. The van der Waals surface area contributed by atoms with E-state index in [1.165, 1.54) is 0 Å². The number of aliphatic hydroxyl groups is 1. The molecule has 0 aromatic carbocycles. The van der Waals surface area contributed by atoms with Gasteiger partial charge in [0.2, 0.25) is 5.88 Å². The largest absolute Gasteiger partial charge is 0.489 e. The fraction of sp³-hybridized carbons (Fsp3) is 0.522. The number of aryl methyl sites for hydroxylation is 1. The number of piperidine rings is 1. The Morgan fingerprint density at radius 1 is 1.23 bits per heavy atom. The van der Waals surface area contributed by atoms with E-state index in [0.29, 0.717) is 17.1 Å². The summed E-state index contributed by atoms with van der Waals surface area (Å²) in [4.78, 5) is 25.6. The molecule has 8 nitrogen and oxygen atoms in total. The minimum Gasteiger partial charge on any atom is -0.489 e. The highest BCUT2D eigenvalue weighted by atomic mass is 16.5. The first-order chi connectivity index (χ1) is 14.7. The van der Waals surface area contributed by atoms with Crippen LogP contribution in [0.15, 0.2) is 24.4 Å². The van der Waals surface area contributed by atoms with Gasteiger partial charge in [-0.05, 0) is 38.5 Å². The van der Waals surface area contributed by atoms with Crippen molar-refractivity contribution in [3.8, 4) is 11.6 Å². The van der Waals surface area contributed by atoms with Crippen LogP contribution in [-0.4, -0.2) is 64.8 Å². The summed E-state index contributed by atoms with van der Waals surface area (Å²) in [6.45, 7) is 7.03. The van der Waals surface area contributed by atoms with Crippen molar-refractivity contribution in [2.75, 3.05) is 32.1 Å². The monoisotopic (exact) mass is 426 g/mol. The molecule has 1 atom stereocenters. The maximum atomic E-state index is 12.7. The maximum Gasteiger partial charge on any atom is 0.256 e. The zero-order valence-corrected chi connectivity index (χ0v) is 18.8. The summed E-state index contributed by atoms with van der Waals surface area (Å²) in [6, 6.07) is 5.11. The van der Waals surface area contributed by atoms with Crippen LogP contribution in [0.25, 0.3) is 0 Å². The zero-order chi connectivity index (χ0) is 22.3. The third-order valence-corrected chi connectivity index (χ3v) is 6.04. The molecule has 1 amide bonds. The summed E-state index contributed by atoms with van der Waals surface area (Å²) in [7, 11) is 3.31. The van der Waals surface area contributed by atoms with Crippen LogP contribution in [0, 0.1) is 6.92 Å². The molecule has 1 saturated heterocycles. The second-order valence-corrected chi connectivity index (χ2v) is 8.87. The van der Waals surface area contributed by atoms with E-state index in [4.69, 9.17) is 14.5 Å². The zero-order valence-electron chi connectivity index (χ0n) is 18.8. The van der Waals surface area contributed by atoms with Gasteiger partial charge in [-0.15, -0.1) is 0 Å². The number of aromatic nitrogens is 2. The van der Waals surface area contributed by atoms with Gasteiger partial charge < -0.3 is 24.4 Å². The van der Waals surface area contributed by atoms with Gasteiger partial charge in [0.25, 0.3) is 5.91 Å². The normalized spacial score (nSPS) is 19.5. The lowest BCUT2D eigenvalue weighted by atomic mass is 9.95. The summed E-state index contributed by atoms with van der Waals surface area (Å²) in [5.41, 5.74) is 1.13. The molecule has 2 aromatic heterocycles. The van der Waals surface area contributed by atoms with Crippen LogP contribution in [0.2, 0.25) is 0 Å². The number of nitrogens with zero attached hydrogens (tertiary/aromatic N) is 4. The molecule has 4 rings (SSSR count). The minimum atomic E-state index is -1.08. The van der Waals surface area contributed by atoms with Crippen molar-refractivity contribution in [2.45, 2.75) is 51.4 Å². The van der Waals surface area contributed by atoms with Crippen molar-refractivity contribution >= 4 is 11.7 Å². The van der Waals surface area contributed by atoms with E-state index in [1.54, 1.807) is 45.2 Å². The molecule has 1 unspecified atom stereocenters. The molecule has 2 aliphatic heterocycles. The molecule has 0 saturated carbocycles. The highest BCUT2D eigenvalue weighted by molar-refractivity contribution is 5.99. The van der Waals surface area contributed by atoms with E-state index in [1.807, 2.05) is 19.1 Å². The first kappa shape index (κ1) is 21.4. The van der Waals surface area contributed by atoms with Crippen molar-refractivity contribution in [1.82, 2.24) is 14.9 Å². The van der Waals surface area contributed by atoms with Crippen molar-refractivity contribution in [1.29, 1.82) is 0 Å². The van der Waals surface area contributed by atoms with Gasteiger partial charge in [-0.2, -0.15) is 0 Å². The SMILES string of the molecule is COc1ccc(OC2CCN(c3nc4c(cc3C)C(=O)N(C)C4C(C)(C)O)CC2)cn1. The molecule has 0 spiro atoms. The lowest BCUT2D eigenvalue weighted by Gasteiger charge is -2.35. The molecule has 0 aliphatic carbocycles. The minimum absolute atomic E-state index is 0.0931. The Balaban J connectivity index is 1.49. The van der Waals surface area contributed by atoms with Crippen LogP contribution in [0.5, 0.6) is 11.6 Å². The third-order valence-electron chi connectivity index (χ3n) is 6.04. The van der Waals surface area contributed by atoms with E-state index in [9.17, 15) is 9.90 Å². The van der Waals surface area contributed by atoms with Crippen LogP contribution in [0.3, 0.4) is 0 Å². The molecule has 31 heavy (non-hydrogen) atoms. The van der Waals surface area contributed by atoms with Crippen LogP contribution in [0.4, 0.5) is 5.82 Å². The number of likely N-dealkylation sites (N-methyl/N-ethyl adjacent to an activating group) is 1. The molecule has 8 heteroatoms. The van der Waals surface area contributed by atoms with Gasteiger partial charge in [0, 0.05) is 39.0 Å². The maximum absolute atomic E-state index is 12.7. The second kappa shape index (κ2) is 8.00. The topological polar surface area (TPSA) is 88.0 Å². The molecular formula is C23H30N4O4. The van der Waals surface area contributed by atoms with Gasteiger partial charge in [-0.3, -0.25) is 4.79 Å². The quantitative estimate of drug-likeness (QED) is 0.786. The number of anilines is 1. The number of hydrogen-bond acceptors (Lipinski definition) is 7. The van der Waals surface area contributed by atoms with E-state index in [-0.39, 0.29) is 12.0 Å². The molecule has 1 fully saturated rings. The van der Waals surface area contributed by atoms with Gasteiger partial charge in [0.05, 0.1) is 30.2 Å². The predicted molar refractivity (Wildman–Crippen MR) is 117 cm³/mol. The molecule has 4 heterocycles. The average Bonchev–Trinajstić information content (AvgIpc) is 2.98. The fourth-order valence-corrected chi connectivity index (χ4v) is 4.55. The number of carbonyl (C=O) groups excluding carboxylic acids is 1. The van der Waals surface area contributed by atoms with E-state index in [0.717, 1.165) is 43.1 Å². The number of ether oxygens (including phenoxy) is 2. The third kappa shape index (κ3) is 4.04. The number of hydrogen-bond donors (Lipinski definition) is 1. The van der Waals surface area contributed by atoms with Gasteiger partial charge in [0.1, 0.15) is 23.7 Å². The summed E-state index contributed by atoms with van der Waals surface area (Å²) in [6.07, 6.45) is 3.51. The lowest BCUT2D eigenvalue weighted by molar-refractivity contribution is -0.00226. The summed E-state index contributed by atoms with van der Waals surface area (Å²) >= 11 is 0. The van der Waals surface area contributed by atoms with Crippen molar-refractivity contribution in [2.24, 2.45) is 0 Å². The van der Waals surface area contributed by atoms with Crippen molar-refractivity contribution in [3.63, 3.8) is 0 Å². The Morgan fingerprint density at radius 2 is 1.94 bits per heavy atom. The highest BCUT2D eigenvalue weighted by Gasteiger charge is 2.44. The lowest BCUT2D eigenvalue weighted by Crippen LogP contribution is -2.40. The summed E-state index contributed by atoms with van der Waals surface area (Å²) in [5.74, 6) is 2.08. The molecule has 2 aromatic rings. The number of carbonyl (C=O) groups is 1. The summed E-state index contributed by atoms with van der Waals surface area (Å²) in [5, 5.41) is 10.7. The van der Waals surface area contributed by atoms with E-state index in [2.05, 4.69) is 9.88 Å². The van der Waals surface area contributed by atoms with Crippen LogP contribution < -0.4 is 14.4 Å². The Kier molecular flexibility index (Phi) is 5.51. The Bertz CT molecular complexity index is 963. The molecule has 166 valence electrons. The van der Waals surface area contributed by atoms with E-state index >= 15 is 0 Å². The van der Waals surface area contributed by atoms with Gasteiger partial charge >= 0.3 is 0 Å². The smallest absolute Gasteiger partial charge is 0.256 e. The van der Waals surface area contributed by atoms with Crippen LogP contribution >= 0.6 is 0 Å². The fourth-order valence-electron chi connectivity index (χ4n) is 4.55. The number of fused-ring (bicyclic) bond motifs is 1. The van der Waals surface area contributed by atoms with Crippen LogP contribution in [0.1, 0.15) is 54.3 Å². The Hall–Kier alpha value is -2.87. The number of pyridine rings is 2. The van der Waals surface area contributed by atoms with Gasteiger partial charge in [-0.1, -0.05) is 0 Å². The van der Waals surface area contributed by atoms with Crippen molar-refractivity contribution < 1.29 is 19.4 Å². The Labute approximate surface area is 182 Å². The average molecular weight is 427 g/mol. The van der Waals surface area contributed by atoms with E-state index < -0.39 is 11.6 Å². The van der Waals surface area contributed by atoms with Crippen LogP contribution in [-0.2, 0) is 0 Å². The number of amides is 1. The molecule has 0 radical (unpaired) electrons. The number of rotatable bonds is 5. The number of methoxy groups -OCH3 is 1. The molecule has 2 aliphatic rings. The molecular weight excluding hydrogens is 396 g/mol. The van der Waals surface area contributed by atoms with Gasteiger partial charge in [-0.25, -0.2) is 9.97 Å².